The third-order valence-corrected chi connectivity index (χ3v) is 2.84. The molecule has 1 aromatic rings. The number of nitrogens with zero attached hydrogens (tertiary/aromatic N) is 1. The second kappa shape index (κ2) is 7.22. The van der Waals surface area contributed by atoms with Gasteiger partial charge in [0.2, 0.25) is 5.91 Å². The summed E-state index contributed by atoms with van der Waals surface area (Å²) < 4.78 is 1.00. The first-order chi connectivity index (χ1) is 8.13. The van der Waals surface area contributed by atoms with Crippen molar-refractivity contribution in [3.63, 3.8) is 0 Å². The van der Waals surface area contributed by atoms with E-state index >= 15 is 0 Å². The van der Waals surface area contributed by atoms with Crippen LogP contribution in [0, 0.1) is 0 Å². The molecule has 4 heteroatoms. The quantitative estimate of drug-likeness (QED) is 0.656. The van der Waals surface area contributed by atoms with E-state index in [1.165, 1.54) is 0 Å². The van der Waals surface area contributed by atoms with Crippen molar-refractivity contribution in [2.24, 2.45) is 5.10 Å². The largest absolute Gasteiger partial charge is 0.273 e. The van der Waals surface area contributed by atoms with Crippen LogP contribution in [0.1, 0.15) is 38.7 Å². The normalized spacial score (nSPS) is 11.4. The van der Waals surface area contributed by atoms with Gasteiger partial charge in [-0.2, -0.15) is 5.10 Å². The van der Waals surface area contributed by atoms with Gasteiger partial charge in [-0.05, 0) is 31.0 Å². The molecule has 0 atom stereocenters. The Balaban J connectivity index is 2.57. The Hall–Kier alpha value is -1.16. The Morgan fingerprint density at radius 1 is 1.47 bits per heavy atom. The van der Waals surface area contributed by atoms with Crippen LogP contribution in [0.25, 0.3) is 0 Å². The summed E-state index contributed by atoms with van der Waals surface area (Å²) in [4.78, 5) is 11.4. The molecule has 0 bridgehead atoms. The zero-order chi connectivity index (χ0) is 12.7. The highest BCUT2D eigenvalue weighted by atomic mass is 79.9. The summed E-state index contributed by atoms with van der Waals surface area (Å²) in [6.07, 6.45) is 2.45. The molecule has 0 spiro atoms. The van der Waals surface area contributed by atoms with E-state index < -0.39 is 0 Å². The minimum absolute atomic E-state index is 0.0267. The van der Waals surface area contributed by atoms with Gasteiger partial charge in [-0.15, -0.1) is 0 Å². The summed E-state index contributed by atoms with van der Waals surface area (Å²) in [5.74, 6) is -0.0267. The lowest BCUT2D eigenvalue weighted by atomic mass is 10.1. The molecular weight excluding hydrogens is 280 g/mol. The van der Waals surface area contributed by atoms with E-state index in [4.69, 9.17) is 0 Å². The number of halogens is 1. The number of unbranched alkanes of at least 4 members (excludes halogenated alkanes) is 1. The number of hydrogen-bond acceptors (Lipinski definition) is 2. The van der Waals surface area contributed by atoms with E-state index in [1.54, 1.807) is 0 Å². The van der Waals surface area contributed by atoms with E-state index in [0.29, 0.717) is 6.42 Å². The van der Waals surface area contributed by atoms with Crippen LogP contribution < -0.4 is 5.43 Å². The van der Waals surface area contributed by atoms with Gasteiger partial charge in [0.15, 0.2) is 0 Å². The molecule has 0 saturated carbocycles. The molecule has 0 aromatic heterocycles. The van der Waals surface area contributed by atoms with Crippen molar-refractivity contribution in [1.82, 2.24) is 5.43 Å². The van der Waals surface area contributed by atoms with Gasteiger partial charge in [0, 0.05) is 10.9 Å². The number of nitrogens with one attached hydrogen (secondary N) is 1. The van der Waals surface area contributed by atoms with Crippen LogP contribution in [0.3, 0.4) is 0 Å². The molecule has 0 aliphatic rings. The van der Waals surface area contributed by atoms with E-state index in [0.717, 1.165) is 28.6 Å². The molecule has 0 aliphatic heterocycles. The first-order valence-corrected chi connectivity index (χ1v) is 6.52. The Labute approximate surface area is 110 Å². The third-order valence-electron chi connectivity index (χ3n) is 2.35. The fraction of sp³-hybridized carbons (Fsp3) is 0.385. The summed E-state index contributed by atoms with van der Waals surface area (Å²) >= 11 is 3.40. The van der Waals surface area contributed by atoms with Gasteiger partial charge in [0.1, 0.15) is 0 Å². The molecule has 1 rings (SSSR count). The molecule has 1 amide bonds. The second-order valence-electron chi connectivity index (χ2n) is 3.85. The number of hydrogen-bond donors (Lipinski definition) is 1. The van der Waals surface area contributed by atoms with E-state index in [1.807, 2.05) is 31.2 Å². The van der Waals surface area contributed by atoms with Crippen LogP contribution in [-0.4, -0.2) is 11.6 Å². The van der Waals surface area contributed by atoms with Crippen molar-refractivity contribution >= 4 is 27.5 Å². The number of hydrazone groups is 1. The predicted octanol–water partition coefficient (Wildman–Crippen LogP) is 3.48. The highest BCUT2D eigenvalue weighted by molar-refractivity contribution is 9.10. The fourth-order valence-electron chi connectivity index (χ4n) is 1.32. The number of rotatable bonds is 5. The average Bonchev–Trinajstić information content (AvgIpc) is 2.33. The Morgan fingerprint density at radius 3 is 2.88 bits per heavy atom. The average molecular weight is 297 g/mol. The van der Waals surface area contributed by atoms with E-state index in [2.05, 4.69) is 33.4 Å². The van der Waals surface area contributed by atoms with E-state index in [9.17, 15) is 4.79 Å². The second-order valence-corrected chi connectivity index (χ2v) is 4.76. The summed E-state index contributed by atoms with van der Waals surface area (Å²) in [6, 6.07) is 7.83. The molecule has 0 heterocycles. The van der Waals surface area contributed by atoms with Crippen molar-refractivity contribution in [3.8, 4) is 0 Å². The fourth-order valence-corrected chi connectivity index (χ4v) is 1.72. The zero-order valence-electron chi connectivity index (χ0n) is 10.2. The smallest absolute Gasteiger partial charge is 0.240 e. The number of carbonyl (C=O) groups is 1. The Bertz CT molecular complexity index is 416. The molecule has 17 heavy (non-hydrogen) atoms. The summed E-state index contributed by atoms with van der Waals surface area (Å²) in [5, 5.41) is 4.08. The molecule has 92 valence electrons. The number of amides is 1. The van der Waals surface area contributed by atoms with Crippen LogP contribution in [0.2, 0.25) is 0 Å². The maximum atomic E-state index is 11.4. The van der Waals surface area contributed by atoms with Gasteiger partial charge >= 0.3 is 0 Å². The molecule has 0 saturated heterocycles. The molecule has 0 radical (unpaired) electrons. The molecule has 3 nitrogen and oxygen atoms in total. The number of carbonyl (C=O) groups excluding carboxylic acids is 1. The minimum atomic E-state index is -0.0267. The first-order valence-electron chi connectivity index (χ1n) is 5.72. The van der Waals surface area contributed by atoms with Gasteiger partial charge in [-0.1, -0.05) is 41.4 Å². The van der Waals surface area contributed by atoms with Crippen LogP contribution in [0.15, 0.2) is 33.8 Å². The summed E-state index contributed by atoms with van der Waals surface area (Å²) in [7, 11) is 0. The van der Waals surface area contributed by atoms with Crippen LogP contribution in [0.4, 0.5) is 0 Å². The maximum Gasteiger partial charge on any atom is 0.240 e. The third kappa shape index (κ3) is 5.13. The molecule has 0 fully saturated rings. The van der Waals surface area contributed by atoms with Gasteiger partial charge in [0.25, 0.3) is 0 Å². The van der Waals surface area contributed by atoms with E-state index in [-0.39, 0.29) is 5.91 Å². The SMILES string of the molecule is CCCCC(=O)NN=C(C)c1cccc(Br)c1. The molecule has 1 N–H and O–H groups in total. The highest BCUT2D eigenvalue weighted by Crippen LogP contribution is 2.12. The van der Waals surface area contributed by atoms with Gasteiger partial charge in [-0.25, -0.2) is 5.43 Å². The first kappa shape index (κ1) is 13.9. The van der Waals surface area contributed by atoms with Gasteiger partial charge < -0.3 is 0 Å². The van der Waals surface area contributed by atoms with Crippen molar-refractivity contribution in [2.75, 3.05) is 0 Å². The van der Waals surface area contributed by atoms with Crippen molar-refractivity contribution in [2.45, 2.75) is 33.1 Å². The van der Waals surface area contributed by atoms with Crippen molar-refractivity contribution in [3.05, 3.63) is 34.3 Å². The van der Waals surface area contributed by atoms with Crippen LogP contribution in [-0.2, 0) is 4.79 Å². The lowest BCUT2D eigenvalue weighted by molar-refractivity contribution is -0.121. The van der Waals surface area contributed by atoms with Gasteiger partial charge in [-0.3, -0.25) is 4.79 Å². The predicted molar refractivity (Wildman–Crippen MR) is 74.0 cm³/mol. The molecule has 0 aliphatic carbocycles. The standard InChI is InChI=1S/C13H17BrN2O/c1-3-4-8-13(17)16-15-10(2)11-6-5-7-12(14)9-11/h5-7,9H,3-4,8H2,1-2H3,(H,16,17). The maximum absolute atomic E-state index is 11.4. The summed E-state index contributed by atoms with van der Waals surface area (Å²) in [5.41, 5.74) is 4.37. The lowest BCUT2D eigenvalue weighted by Gasteiger charge is -2.03. The molecule has 0 unspecified atom stereocenters. The van der Waals surface area contributed by atoms with Crippen molar-refractivity contribution in [1.29, 1.82) is 0 Å². The highest BCUT2D eigenvalue weighted by Gasteiger charge is 2.01. The number of benzene rings is 1. The molecule has 1 aromatic carbocycles. The Kier molecular flexibility index (Phi) is 5.91. The van der Waals surface area contributed by atoms with Crippen LogP contribution >= 0.6 is 15.9 Å². The monoisotopic (exact) mass is 296 g/mol. The van der Waals surface area contributed by atoms with Crippen molar-refractivity contribution < 1.29 is 4.79 Å². The van der Waals surface area contributed by atoms with Gasteiger partial charge in [0.05, 0.1) is 5.71 Å². The summed E-state index contributed by atoms with van der Waals surface area (Å²) in [6.45, 7) is 3.94. The zero-order valence-corrected chi connectivity index (χ0v) is 11.8. The molecular formula is C13H17BrN2O. The topological polar surface area (TPSA) is 41.5 Å². The van der Waals surface area contributed by atoms with Crippen LogP contribution in [0.5, 0.6) is 0 Å². The Morgan fingerprint density at radius 2 is 2.24 bits per heavy atom. The minimum Gasteiger partial charge on any atom is -0.273 e. The lowest BCUT2D eigenvalue weighted by Crippen LogP contribution is -2.18.